The molecule has 0 fully saturated rings. The summed E-state index contributed by atoms with van der Waals surface area (Å²) >= 11 is 0. The minimum absolute atomic E-state index is 0.0636. The molecule has 0 aromatic carbocycles. The van der Waals surface area contributed by atoms with Crippen molar-refractivity contribution in [2.75, 3.05) is 19.0 Å². The van der Waals surface area contributed by atoms with Gasteiger partial charge >= 0.3 is 0 Å². The number of rotatable bonds is 5. The highest BCUT2D eigenvalue weighted by Gasteiger charge is 2.17. The Labute approximate surface area is 102 Å². The van der Waals surface area contributed by atoms with E-state index >= 15 is 0 Å². The summed E-state index contributed by atoms with van der Waals surface area (Å²) < 4.78 is 0. The lowest BCUT2D eigenvalue weighted by Crippen LogP contribution is -2.32. The van der Waals surface area contributed by atoms with Gasteiger partial charge in [-0.3, -0.25) is 4.79 Å². The van der Waals surface area contributed by atoms with E-state index in [2.05, 4.69) is 24.3 Å². The number of nitrogens with one attached hydrogen (secondary N) is 1. The van der Waals surface area contributed by atoms with Gasteiger partial charge in [0.1, 0.15) is 0 Å². The fourth-order valence-electron chi connectivity index (χ4n) is 1.58. The highest BCUT2D eigenvalue weighted by molar-refractivity contribution is 5.98. The van der Waals surface area contributed by atoms with Gasteiger partial charge in [-0.1, -0.05) is 20.3 Å². The third-order valence-electron chi connectivity index (χ3n) is 2.80. The van der Waals surface area contributed by atoms with E-state index in [-0.39, 0.29) is 5.91 Å². The van der Waals surface area contributed by atoms with Crippen molar-refractivity contribution in [3.63, 3.8) is 0 Å². The number of carbonyl (C=O) groups excluding carboxylic acids is 1. The van der Waals surface area contributed by atoms with Crippen LogP contribution in [-0.4, -0.2) is 29.4 Å². The number of amides is 1. The third kappa shape index (κ3) is 3.42. The number of hydrogen-bond acceptors (Lipinski definition) is 4. The standard InChI is InChI=1S/C12H20N4O/c1-4-9(2)8-16(3)12(17)10-6-5-7-14-11(10)15-13/h5-7,9H,4,8,13H2,1-3H3,(H,14,15). The number of carbonyl (C=O) groups is 1. The quantitative estimate of drug-likeness (QED) is 0.600. The molecule has 0 saturated carbocycles. The molecular formula is C12H20N4O. The molecule has 1 heterocycles. The second-order valence-corrected chi connectivity index (χ2v) is 4.24. The van der Waals surface area contributed by atoms with E-state index in [1.165, 1.54) is 0 Å². The normalized spacial score (nSPS) is 12.0. The van der Waals surface area contributed by atoms with Gasteiger partial charge in [0.25, 0.3) is 5.91 Å². The number of nitrogen functional groups attached to an aromatic ring is 1. The van der Waals surface area contributed by atoms with Crippen LogP contribution in [0.15, 0.2) is 18.3 Å². The lowest BCUT2D eigenvalue weighted by molar-refractivity contribution is 0.0775. The molecule has 1 rings (SSSR count). The molecule has 1 atom stereocenters. The summed E-state index contributed by atoms with van der Waals surface area (Å²) in [5.41, 5.74) is 2.94. The predicted octanol–water partition coefficient (Wildman–Crippen LogP) is 1.49. The van der Waals surface area contributed by atoms with Crippen LogP contribution in [0, 0.1) is 5.92 Å². The molecule has 3 N–H and O–H groups in total. The second kappa shape index (κ2) is 6.20. The van der Waals surface area contributed by atoms with Crippen LogP contribution in [-0.2, 0) is 0 Å². The highest BCUT2D eigenvalue weighted by atomic mass is 16.2. The van der Waals surface area contributed by atoms with Crippen molar-refractivity contribution < 1.29 is 4.79 Å². The van der Waals surface area contributed by atoms with E-state index < -0.39 is 0 Å². The average Bonchev–Trinajstić information content (AvgIpc) is 2.37. The number of pyridine rings is 1. The second-order valence-electron chi connectivity index (χ2n) is 4.24. The van der Waals surface area contributed by atoms with Crippen molar-refractivity contribution in [1.82, 2.24) is 9.88 Å². The summed E-state index contributed by atoms with van der Waals surface area (Å²) in [6.45, 7) is 4.96. The first kappa shape index (κ1) is 13.4. The van der Waals surface area contributed by atoms with Gasteiger partial charge in [-0.2, -0.15) is 0 Å². The minimum atomic E-state index is -0.0636. The molecule has 1 unspecified atom stereocenters. The van der Waals surface area contributed by atoms with Gasteiger partial charge in [-0.05, 0) is 18.1 Å². The van der Waals surface area contributed by atoms with Crippen molar-refractivity contribution in [3.05, 3.63) is 23.9 Å². The van der Waals surface area contributed by atoms with Gasteiger partial charge in [0.05, 0.1) is 5.56 Å². The summed E-state index contributed by atoms with van der Waals surface area (Å²) in [7, 11) is 1.79. The van der Waals surface area contributed by atoms with Crippen LogP contribution >= 0.6 is 0 Å². The highest BCUT2D eigenvalue weighted by Crippen LogP contribution is 2.13. The zero-order valence-corrected chi connectivity index (χ0v) is 10.6. The summed E-state index contributed by atoms with van der Waals surface area (Å²) in [6, 6.07) is 3.45. The topological polar surface area (TPSA) is 71.2 Å². The van der Waals surface area contributed by atoms with Crippen LogP contribution in [0.3, 0.4) is 0 Å². The first-order chi connectivity index (χ1) is 8.10. The molecule has 0 aliphatic heterocycles. The van der Waals surface area contributed by atoms with Crippen LogP contribution in [0.5, 0.6) is 0 Å². The molecule has 0 aliphatic rings. The van der Waals surface area contributed by atoms with E-state index in [9.17, 15) is 4.79 Å². The fourth-order valence-corrected chi connectivity index (χ4v) is 1.58. The van der Waals surface area contributed by atoms with E-state index in [0.29, 0.717) is 17.3 Å². The Hall–Kier alpha value is -1.62. The number of hydrazine groups is 1. The summed E-state index contributed by atoms with van der Waals surface area (Å²) in [5.74, 6) is 6.16. The Morgan fingerprint density at radius 1 is 1.65 bits per heavy atom. The molecule has 1 aromatic heterocycles. The predicted molar refractivity (Wildman–Crippen MR) is 68.5 cm³/mol. The number of nitrogens with two attached hydrogens (primary N) is 1. The van der Waals surface area contributed by atoms with Gasteiger partial charge in [-0.25, -0.2) is 10.8 Å². The molecule has 0 aliphatic carbocycles. The zero-order valence-electron chi connectivity index (χ0n) is 10.6. The Balaban J connectivity index is 2.81. The van der Waals surface area contributed by atoms with Gasteiger partial charge in [0, 0.05) is 19.8 Å². The smallest absolute Gasteiger partial charge is 0.257 e. The van der Waals surface area contributed by atoms with Gasteiger partial charge in [-0.15, -0.1) is 0 Å². The molecule has 5 nitrogen and oxygen atoms in total. The van der Waals surface area contributed by atoms with E-state index in [1.807, 2.05) is 0 Å². The largest absolute Gasteiger partial charge is 0.341 e. The van der Waals surface area contributed by atoms with E-state index in [0.717, 1.165) is 13.0 Å². The first-order valence-electron chi connectivity index (χ1n) is 5.77. The van der Waals surface area contributed by atoms with Crippen molar-refractivity contribution >= 4 is 11.7 Å². The Bertz CT molecular complexity index is 381. The van der Waals surface area contributed by atoms with Crippen molar-refractivity contribution in [1.29, 1.82) is 0 Å². The lowest BCUT2D eigenvalue weighted by atomic mass is 10.1. The Morgan fingerprint density at radius 3 is 2.94 bits per heavy atom. The summed E-state index contributed by atoms with van der Waals surface area (Å²) in [4.78, 5) is 17.9. The molecule has 0 radical (unpaired) electrons. The van der Waals surface area contributed by atoms with Crippen molar-refractivity contribution in [2.45, 2.75) is 20.3 Å². The number of aromatic nitrogens is 1. The summed E-state index contributed by atoms with van der Waals surface area (Å²) in [6.07, 6.45) is 2.65. The molecule has 0 spiro atoms. The number of hydrogen-bond donors (Lipinski definition) is 2. The lowest BCUT2D eigenvalue weighted by Gasteiger charge is -2.21. The fraction of sp³-hybridized carbons (Fsp3) is 0.500. The minimum Gasteiger partial charge on any atom is -0.341 e. The first-order valence-corrected chi connectivity index (χ1v) is 5.77. The molecule has 1 aromatic rings. The average molecular weight is 236 g/mol. The van der Waals surface area contributed by atoms with Crippen LogP contribution < -0.4 is 11.3 Å². The van der Waals surface area contributed by atoms with Crippen molar-refractivity contribution in [3.8, 4) is 0 Å². The zero-order chi connectivity index (χ0) is 12.8. The number of anilines is 1. The molecule has 0 saturated heterocycles. The van der Waals surface area contributed by atoms with E-state index in [1.54, 1.807) is 30.3 Å². The van der Waals surface area contributed by atoms with Crippen LogP contribution in [0.2, 0.25) is 0 Å². The Kier molecular flexibility index (Phi) is 4.90. The SMILES string of the molecule is CCC(C)CN(C)C(=O)c1cccnc1NN. The maximum Gasteiger partial charge on any atom is 0.257 e. The molecule has 94 valence electrons. The van der Waals surface area contributed by atoms with Gasteiger partial charge in [0.15, 0.2) is 5.82 Å². The van der Waals surface area contributed by atoms with Crippen LogP contribution in [0.1, 0.15) is 30.6 Å². The summed E-state index contributed by atoms with van der Waals surface area (Å²) in [5, 5.41) is 0. The van der Waals surface area contributed by atoms with Crippen molar-refractivity contribution in [2.24, 2.45) is 11.8 Å². The molecule has 0 bridgehead atoms. The van der Waals surface area contributed by atoms with Crippen LogP contribution in [0.25, 0.3) is 0 Å². The maximum absolute atomic E-state index is 12.2. The molecular weight excluding hydrogens is 216 g/mol. The Morgan fingerprint density at radius 2 is 2.35 bits per heavy atom. The molecule has 5 heteroatoms. The monoisotopic (exact) mass is 236 g/mol. The van der Waals surface area contributed by atoms with Gasteiger partial charge < -0.3 is 10.3 Å². The van der Waals surface area contributed by atoms with E-state index in [4.69, 9.17) is 5.84 Å². The van der Waals surface area contributed by atoms with Gasteiger partial charge in [0.2, 0.25) is 0 Å². The third-order valence-corrected chi connectivity index (χ3v) is 2.80. The van der Waals surface area contributed by atoms with Crippen LogP contribution in [0.4, 0.5) is 5.82 Å². The molecule has 17 heavy (non-hydrogen) atoms. The maximum atomic E-state index is 12.2. The number of nitrogens with zero attached hydrogens (tertiary/aromatic N) is 2. The molecule has 1 amide bonds.